The molecule has 1 rings (SSSR count). The van der Waals surface area contributed by atoms with Crippen LogP contribution in [0.2, 0.25) is 0 Å². The maximum atomic E-state index is 12.7. The number of aryl methyl sites for hydroxylation is 1. The summed E-state index contributed by atoms with van der Waals surface area (Å²) in [5.74, 6) is -2.62. The number of pyridine rings is 1. The highest BCUT2D eigenvalue weighted by atomic mass is 19.3. The number of nitrogens with two attached hydrogens (primary N) is 1. The van der Waals surface area contributed by atoms with Crippen molar-refractivity contribution in [3.05, 3.63) is 24.0 Å². The van der Waals surface area contributed by atoms with Crippen LogP contribution in [0.3, 0.4) is 0 Å². The Hall–Kier alpha value is -1.23. The fourth-order valence-electron chi connectivity index (χ4n) is 0.864. The lowest BCUT2D eigenvalue weighted by Crippen LogP contribution is -2.34. The summed E-state index contributed by atoms with van der Waals surface area (Å²) in [6, 6.07) is 3.22. The van der Waals surface area contributed by atoms with E-state index < -0.39 is 19.1 Å². The Morgan fingerprint density at radius 1 is 1.57 bits per heavy atom. The van der Waals surface area contributed by atoms with Gasteiger partial charge in [0.15, 0.2) is 6.61 Å². The van der Waals surface area contributed by atoms with Crippen molar-refractivity contribution in [1.29, 1.82) is 0 Å². The van der Waals surface area contributed by atoms with E-state index in [2.05, 4.69) is 4.98 Å². The van der Waals surface area contributed by atoms with Gasteiger partial charge in [0.2, 0.25) is 0 Å². The van der Waals surface area contributed by atoms with Gasteiger partial charge in [-0.1, -0.05) is 0 Å². The van der Waals surface area contributed by atoms with Crippen molar-refractivity contribution in [3.8, 4) is 5.75 Å². The van der Waals surface area contributed by atoms with Crippen LogP contribution in [-0.4, -0.2) is 24.1 Å². The van der Waals surface area contributed by atoms with Gasteiger partial charge >= 0.3 is 0 Å². The zero-order chi connectivity index (χ0) is 10.6. The summed E-state index contributed by atoms with van der Waals surface area (Å²) in [7, 11) is 0. The van der Waals surface area contributed by atoms with Crippen molar-refractivity contribution in [2.45, 2.75) is 12.8 Å². The van der Waals surface area contributed by atoms with E-state index in [1.807, 2.05) is 0 Å². The number of hydrogen-bond acceptors (Lipinski definition) is 3. The first-order valence-electron chi connectivity index (χ1n) is 4.17. The summed E-state index contributed by atoms with van der Waals surface area (Å²) in [6.45, 7) is 0.262. The Bertz CT molecular complexity index is 305. The Balaban J connectivity index is 2.58. The second kappa shape index (κ2) is 4.32. The van der Waals surface area contributed by atoms with Gasteiger partial charge in [0.25, 0.3) is 5.92 Å². The first-order valence-corrected chi connectivity index (χ1v) is 4.17. The molecule has 0 spiro atoms. The monoisotopic (exact) mass is 202 g/mol. The molecule has 2 N–H and O–H groups in total. The molecule has 1 aromatic heterocycles. The smallest absolute Gasteiger partial charge is 0.293 e. The van der Waals surface area contributed by atoms with Crippen LogP contribution in [0.5, 0.6) is 5.75 Å². The predicted molar refractivity (Wildman–Crippen MR) is 48.5 cm³/mol. The second-order valence-electron chi connectivity index (χ2n) is 2.94. The third kappa shape index (κ3) is 2.92. The topological polar surface area (TPSA) is 48.1 Å². The van der Waals surface area contributed by atoms with E-state index in [1.165, 1.54) is 0 Å². The number of hydrogen-bond donors (Lipinski definition) is 1. The molecule has 0 amide bonds. The average Bonchev–Trinajstić information content (AvgIpc) is 2.17. The fourth-order valence-corrected chi connectivity index (χ4v) is 0.864. The standard InChI is InChI=1S/C9H12F2N2O/c1-7-8(3-2-4-13-7)14-6-9(10,11)5-12/h2-4H,5-6,12H2,1H3. The average molecular weight is 202 g/mol. The first-order chi connectivity index (χ1) is 6.55. The van der Waals surface area contributed by atoms with Gasteiger partial charge in [-0.3, -0.25) is 4.98 Å². The molecule has 0 aliphatic rings. The number of ether oxygens (including phenoxy) is 1. The second-order valence-corrected chi connectivity index (χ2v) is 2.94. The largest absolute Gasteiger partial charge is 0.485 e. The molecule has 0 radical (unpaired) electrons. The van der Waals surface area contributed by atoms with Crippen LogP contribution >= 0.6 is 0 Å². The maximum absolute atomic E-state index is 12.7. The number of alkyl halides is 2. The van der Waals surface area contributed by atoms with Gasteiger partial charge in [-0.05, 0) is 19.1 Å². The third-order valence-corrected chi connectivity index (χ3v) is 1.70. The molecule has 0 unspecified atom stereocenters. The number of nitrogens with zero attached hydrogens (tertiary/aromatic N) is 1. The SMILES string of the molecule is Cc1ncccc1OCC(F)(F)CN. The molecule has 1 heterocycles. The normalized spacial score (nSPS) is 11.4. The van der Waals surface area contributed by atoms with Crippen LogP contribution in [0, 0.1) is 6.92 Å². The lowest BCUT2D eigenvalue weighted by Gasteiger charge is -2.15. The van der Waals surface area contributed by atoms with Crippen molar-refractivity contribution in [2.75, 3.05) is 13.2 Å². The summed E-state index contributed by atoms with van der Waals surface area (Å²) >= 11 is 0. The summed E-state index contributed by atoms with van der Waals surface area (Å²) in [5, 5.41) is 0. The molecule has 0 atom stereocenters. The van der Waals surface area contributed by atoms with Crippen LogP contribution in [0.15, 0.2) is 18.3 Å². The van der Waals surface area contributed by atoms with E-state index >= 15 is 0 Å². The minimum absolute atomic E-state index is 0.362. The Labute approximate surface area is 80.9 Å². The first kappa shape index (κ1) is 10.8. The molecule has 1 aromatic rings. The quantitative estimate of drug-likeness (QED) is 0.802. The van der Waals surface area contributed by atoms with Crippen LogP contribution < -0.4 is 10.5 Å². The molecule has 0 saturated heterocycles. The van der Waals surface area contributed by atoms with Gasteiger partial charge < -0.3 is 10.5 Å². The number of aromatic nitrogens is 1. The van der Waals surface area contributed by atoms with Crippen LogP contribution in [0.4, 0.5) is 8.78 Å². The van der Waals surface area contributed by atoms with Gasteiger partial charge in [-0.2, -0.15) is 0 Å². The van der Waals surface area contributed by atoms with Crippen LogP contribution in [-0.2, 0) is 0 Å². The molecular formula is C9H12F2N2O. The zero-order valence-electron chi connectivity index (χ0n) is 7.84. The molecular weight excluding hydrogens is 190 g/mol. The third-order valence-electron chi connectivity index (χ3n) is 1.70. The maximum Gasteiger partial charge on any atom is 0.293 e. The highest BCUT2D eigenvalue weighted by Gasteiger charge is 2.27. The van der Waals surface area contributed by atoms with Gasteiger partial charge in [0.1, 0.15) is 5.75 Å². The molecule has 14 heavy (non-hydrogen) atoms. The van der Waals surface area contributed by atoms with Crippen molar-refractivity contribution in [2.24, 2.45) is 5.73 Å². The molecule has 0 aromatic carbocycles. The van der Waals surface area contributed by atoms with E-state index in [4.69, 9.17) is 10.5 Å². The highest BCUT2D eigenvalue weighted by molar-refractivity contribution is 5.25. The Morgan fingerprint density at radius 3 is 2.86 bits per heavy atom. The van der Waals surface area contributed by atoms with E-state index in [-0.39, 0.29) is 0 Å². The molecule has 78 valence electrons. The lowest BCUT2D eigenvalue weighted by atomic mass is 10.3. The molecule has 0 fully saturated rings. The summed E-state index contributed by atoms with van der Waals surface area (Å²) in [6.07, 6.45) is 1.57. The summed E-state index contributed by atoms with van der Waals surface area (Å²) in [4.78, 5) is 3.90. The zero-order valence-corrected chi connectivity index (χ0v) is 7.84. The van der Waals surface area contributed by atoms with Gasteiger partial charge in [0, 0.05) is 6.20 Å². The Morgan fingerprint density at radius 2 is 2.29 bits per heavy atom. The molecule has 3 nitrogen and oxygen atoms in total. The molecule has 5 heteroatoms. The molecule has 0 saturated carbocycles. The van der Waals surface area contributed by atoms with Gasteiger partial charge in [-0.25, -0.2) is 8.78 Å². The molecule has 0 bridgehead atoms. The summed E-state index contributed by atoms with van der Waals surface area (Å²) in [5.41, 5.74) is 5.45. The minimum Gasteiger partial charge on any atom is -0.485 e. The molecule has 0 aliphatic carbocycles. The number of rotatable bonds is 4. The fraction of sp³-hybridized carbons (Fsp3) is 0.444. The van der Waals surface area contributed by atoms with Crippen molar-refractivity contribution < 1.29 is 13.5 Å². The Kier molecular flexibility index (Phi) is 3.35. The van der Waals surface area contributed by atoms with Crippen LogP contribution in [0.1, 0.15) is 5.69 Å². The van der Waals surface area contributed by atoms with Crippen molar-refractivity contribution in [1.82, 2.24) is 4.98 Å². The predicted octanol–water partition coefficient (Wildman–Crippen LogP) is 1.36. The van der Waals surface area contributed by atoms with E-state index in [0.29, 0.717) is 11.4 Å². The van der Waals surface area contributed by atoms with Crippen molar-refractivity contribution >= 4 is 0 Å². The highest BCUT2D eigenvalue weighted by Crippen LogP contribution is 2.18. The minimum atomic E-state index is -2.98. The summed E-state index contributed by atoms with van der Waals surface area (Å²) < 4.78 is 30.3. The van der Waals surface area contributed by atoms with Crippen LogP contribution in [0.25, 0.3) is 0 Å². The van der Waals surface area contributed by atoms with Crippen molar-refractivity contribution in [3.63, 3.8) is 0 Å². The number of halogens is 2. The van der Waals surface area contributed by atoms with Gasteiger partial charge in [-0.15, -0.1) is 0 Å². The van der Waals surface area contributed by atoms with Gasteiger partial charge in [0.05, 0.1) is 12.2 Å². The van der Waals surface area contributed by atoms with E-state index in [9.17, 15) is 8.78 Å². The van der Waals surface area contributed by atoms with E-state index in [1.54, 1.807) is 25.3 Å². The van der Waals surface area contributed by atoms with E-state index in [0.717, 1.165) is 0 Å². The lowest BCUT2D eigenvalue weighted by molar-refractivity contribution is -0.0321. The molecule has 0 aliphatic heterocycles.